The van der Waals surface area contributed by atoms with Gasteiger partial charge in [0.05, 0.1) is 24.8 Å². The number of likely N-dealkylation sites (tertiary alicyclic amines) is 1. The second-order valence-corrected chi connectivity index (χ2v) is 7.92. The van der Waals surface area contributed by atoms with Gasteiger partial charge in [-0.05, 0) is 25.0 Å². The Morgan fingerprint density at radius 3 is 2.22 bits per heavy atom. The number of nitrogens with one attached hydrogen (secondary N) is 1. The summed E-state index contributed by atoms with van der Waals surface area (Å²) >= 11 is 0. The minimum atomic E-state index is -0.00333. The molecule has 0 bridgehead atoms. The molecule has 1 atom stereocenters. The first-order valence-electron chi connectivity index (χ1n) is 9.97. The number of carbonyl (C=O) groups is 1. The third-order valence-corrected chi connectivity index (χ3v) is 5.72. The molecule has 0 radical (unpaired) electrons. The zero-order chi connectivity index (χ0) is 18.8. The molecule has 0 saturated carbocycles. The number of carbonyl (C=O) groups excluding carboxylic acids is 1. The summed E-state index contributed by atoms with van der Waals surface area (Å²) in [6, 6.07) is 16.9. The molecule has 1 N–H and O–H groups in total. The number of quaternary nitrogens is 1. The van der Waals surface area contributed by atoms with E-state index in [2.05, 4.69) is 62.4 Å². The van der Waals surface area contributed by atoms with E-state index >= 15 is 0 Å². The third-order valence-electron chi connectivity index (χ3n) is 5.72. The SMILES string of the molecule is Cc1ccc(C2=NN(C(=O)C[NH+]3CCCC3)[C@H](c3ccc(C)cc3)C2)cc1. The summed E-state index contributed by atoms with van der Waals surface area (Å²) < 4.78 is 0. The van der Waals surface area contributed by atoms with Crippen LogP contribution in [0.3, 0.4) is 0 Å². The maximum atomic E-state index is 13.1. The van der Waals surface area contributed by atoms with E-state index in [-0.39, 0.29) is 11.9 Å². The highest BCUT2D eigenvalue weighted by Gasteiger charge is 2.35. The highest BCUT2D eigenvalue weighted by Crippen LogP contribution is 2.32. The second-order valence-electron chi connectivity index (χ2n) is 7.92. The lowest BCUT2D eigenvalue weighted by atomic mass is 9.97. The molecule has 0 aromatic heterocycles. The number of hydrazone groups is 1. The molecule has 2 aromatic carbocycles. The van der Waals surface area contributed by atoms with Crippen molar-refractivity contribution in [3.63, 3.8) is 0 Å². The number of hydrogen-bond acceptors (Lipinski definition) is 2. The van der Waals surface area contributed by atoms with Crippen molar-refractivity contribution in [1.29, 1.82) is 0 Å². The van der Waals surface area contributed by atoms with Crippen molar-refractivity contribution in [2.45, 2.75) is 39.2 Å². The lowest BCUT2D eigenvalue weighted by molar-refractivity contribution is -0.879. The summed E-state index contributed by atoms with van der Waals surface area (Å²) in [4.78, 5) is 14.5. The third kappa shape index (κ3) is 3.96. The minimum Gasteiger partial charge on any atom is -0.327 e. The zero-order valence-electron chi connectivity index (χ0n) is 16.2. The number of amides is 1. The van der Waals surface area contributed by atoms with Crippen LogP contribution in [0, 0.1) is 13.8 Å². The topological polar surface area (TPSA) is 37.1 Å². The molecule has 1 fully saturated rings. The van der Waals surface area contributed by atoms with Gasteiger partial charge >= 0.3 is 0 Å². The summed E-state index contributed by atoms with van der Waals surface area (Å²) in [6.45, 7) is 6.93. The van der Waals surface area contributed by atoms with Crippen molar-refractivity contribution in [2.75, 3.05) is 19.6 Å². The van der Waals surface area contributed by atoms with E-state index in [0.717, 1.165) is 36.3 Å². The predicted octanol–water partition coefficient (Wildman–Crippen LogP) is 2.66. The molecule has 27 heavy (non-hydrogen) atoms. The van der Waals surface area contributed by atoms with Gasteiger partial charge in [-0.2, -0.15) is 5.10 Å². The Labute approximate surface area is 161 Å². The van der Waals surface area contributed by atoms with Gasteiger partial charge in [0.15, 0.2) is 6.54 Å². The Bertz CT molecular complexity index is 833. The fourth-order valence-corrected chi connectivity index (χ4v) is 4.06. The first-order valence-corrected chi connectivity index (χ1v) is 9.97. The molecular formula is C23H28N3O+. The molecule has 140 valence electrons. The molecule has 2 aliphatic heterocycles. The second kappa shape index (κ2) is 7.65. The quantitative estimate of drug-likeness (QED) is 0.892. The van der Waals surface area contributed by atoms with Crippen molar-refractivity contribution in [3.8, 4) is 0 Å². The number of nitrogens with zero attached hydrogens (tertiary/aromatic N) is 2. The van der Waals surface area contributed by atoms with Crippen LogP contribution in [0.5, 0.6) is 0 Å². The standard InChI is InChI=1S/C23H27N3O/c1-17-5-9-19(10-6-17)21-15-22(20-11-7-18(2)8-12-20)26(24-21)23(27)16-25-13-3-4-14-25/h5-12,22H,3-4,13-16H2,1-2H3/p+1/t22-/m0/s1. The lowest BCUT2D eigenvalue weighted by Gasteiger charge is -2.23. The van der Waals surface area contributed by atoms with Crippen LogP contribution in [0.15, 0.2) is 53.6 Å². The first kappa shape index (κ1) is 17.9. The first-order chi connectivity index (χ1) is 13.1. The molecule has 2 heterocycles. The fraction of sp³-hybridized carbons (Fsp3) is 0.391. The molecule has 2 aromatic rings. The zero-order valence-corrected chi connectivity index (χ0v) is 16.2. The van der Waals surface area contributed by atoms with Crippen LogP contribution in [0.25, 0.3) is 0 Å². The molecule has 0 spiro atoms. The summed E-state index contributed by atoms with van der Waals surface area (Å²) in [7, 11) is 0. The molecule has 0 aliphatic carbocycles. The predicted molar refractivity (Wildman–Crippen MR) is 108 cm³/mol. The maximum absolute atomic E-state index is 13.1. The molecule has 4 heteroatoms. The van der Waals surface area contributed by atoms with Crippen LogP contribution in [-0.2, 0) is 4.79 Å². The number of hydrogen-bond donors (Lipinski definition) is 1. The van der Waals surface area contributed by atoms with Crippen LogP contribution >= 0.6 is 0 Å². The summed E-state index contributed by atoms with van der Waals surface area (Å²) in [5, 5.41) is 6.55. The Hall–Kier alpha value is -2.46. The smallest absolute Gasteiger partial charge is 0.298 e. The maximum Gasteiger partial charge on any atom is 0.298 e. The molecule has 4 nitrogen and oxygen atoms in total. The normalized spacial score (nSPS) is 20.1. The van der Waals surface area contributed by atoms with E-state index in [1.165, 1.54) is 28.9 Å². The Morgan fingerprint density at radius 1 is 1.00 bits per heavy atom. The molecule has 1 saturated heterocycles. The van der Waals surface area contributed by atoms with Crippen molar-refractivity contribution in [2.24, 2.45) is 5.10 Å². The Balaban J connectivity index is 1.61. The van der Waals surface area contributed by atoms with E-state index in [1.54, 1.807) is 5.01 Å². The van der Waals surface area contributed by atoms with Crippen molar-refractivity contribution < 1.29 is 9.69 Å². The summed E-state index contributed by atoms with van der Waals surface area (Å²) in [5.74, 6) is 0.139. The van der Waals surface area contributed by atoms with Gasteiger partial charge in [0.25, 0.3) is 5.91 Å². The van der Waals surface area contributed by atoms with E-state index < -0.39 is 0 Å². The molecule has 4 rings (SSSR count). The number of aryl methyl sites for hydroxylation is 2. The molecule has 2 aliphatic rings. The van der Waals surface area contributed by atoms with E-state index in [9.17, 15) is 4.79 Å². The van der Waals surface area contributed by atoms with Crippen LogP contribution in [0.2, 0.25) is 0 Å². The van der Waals surface area contributed by atoms with Gasteiger partial charge in [-0.25, -0.2) is 5.01 Å². The average molecular weight is 362 g/mol. The van der Waals surface area contributed by atoms with E-state index in [1.807, 2.05) is 0 Å². The van der Waals surface area contributed by atoms with Crippen LogP contribution in [0.4, 0.5) is 0 Å². The average Bonchev–Trinajstić information content (AvgIpc) is 3.33. The summed E-state index contributed by atoms with van der Waals surface area (Å²) in [5.41, 5.74) is 5.75. The van der Waals surface area contributed by atoms with E-state index in [4.69, 9.17) is 5.10 Å². The highest BCUT2D eigenvalue weighted by molar-refractivity contribution is 6.03. The van der Waals surface area contributed by atoms with Gasteiger partial charge in [-0.1, -0.05) is 59.7 Å². The monoisotopic (exact) mass is 362 g/mol. The van der Waals surface area contributed by atoms with E-state index in [0.29, 0.717) is 6.54 Å². The van der Waals surface area contributed by atoms with Crippen LogP contribution in [-0.4, -0.2) is 36.3 Å². The Kier molecular flexibility index (Phi) is 5.08. The van der Waals surface area contributed by atoms with Crippen LogP contribution < -0.4 is 4.90 Å². The van der Waals surface area contributed by atoms with Crippen molar-refractivity contribution in [1.82, 2.24) is 5.01 Å². The molecular weight excluding hydrogens is 334 g/mol. The Morgan fingerprint density at radius 2 is 1.59 bits per heavy atom. The van der Waals surface area contributed by atoms with Gasteiger partial charge in [-0.15, -0.1) is 0 Å². The number of rotatable bonds is 4. The van der Waals surface area contributed by atoms with Crippen molar-refractivity contribution >= 4 is 11.6 Å². The highest BCUT2D eigenvalue weighted by atomic mass is 16.2. The van der Waals surface area contributed by atoms with Crippen molar-refractivity contribution in [3.05, 3.63) is 70.8 Å². The van der Waals surface area contributed by atoms with Gasteiger partial charge in [0.2, 0.25) is 0 Å². The van der Waals surface area contributed by atoms with Gasteiger partial charge in [-0.3, -0.25) is 4.79 Å². The molecule has 0 unspecified atom stereocenters. The largest absolute Gasteiger partial charge is 0.327 e. The van der Waals surface area contributed by atoms with Gasteiger partial charge < -0.3 is 4.90 Å². The van der Waals surface area contributed by atoms with Gasteiger partial charge in [0, 0.05) is 19.3 Å². The summed E-state index contributed by atoms with van der Waals surface area (Å²) in [6.07, 6.45) is 3.22. The molecule has 1 amide bonds. The minimum absolute atomic E-state index is 0.00333. The fourth-order valence-electron chi connectivity index (χ4n) is 4.06. The van der Waals surface area contributed by atoms with Crippen LogP contribution in [0.1, 0.15) is 47.6 Å². The lowest BCUT2D eigenvalue weighted by Crippen LogP contribution is -3.11. The van der Waals surface area contributed by atoms with Gasteiger partial charge in [0.1, 0.15) is 0 Å². The number of benzene rings is 2.